The average Bonchev–Trinajstić information content (AvgIpc) is 3.28. The SMILES string of the molecule is CCSCc1cc(C(=O)N(C)C[C@@H]2OCCN(C)[C@H]2c2cnn(C)c2)no1. The van der Waals surface area contributed by atoms with Gasteiger partial charge in [0.05, 0.1) is 30.7 Å². The van der Waals surface area contributed by atoms with Crippen LogP contribution in [0.3, 0.4) is 0 Å². The van der Waals surface area contributed by atoms with Gasteiger partial charge >= 0.3 is 0 Å². The van der Waals surface area contributed by atoms with E-state index in [0.29, 0.717) is 18.8 Å². The van der Waals surface area contributed by atoms with E-state index in [2.05, 4.69) is 29.1 Å². The Balaban J connectivity index is 1.68. The third-order valence-electron chi connectivity index (χ3n) is 4.70. The Morgan fingerprint density at radius 3 is 2.96 bits per heavy atom. The van der Waals surface area contributed by atoms with Crippen LogP contribution in [0.4, 0.5) is 0 Å². The fraction of sp³-hybridized carbons (Fsp3) is 0.611. The Morgan fingerprint density at radius 2 is 2.26 bits per heavy atom. The van der Waals surface area contributed by atoms with Crippen LogP contribution in [-0.4, -0.2) is 76.3 Å². The van der Waals surface area contributed by atoms with Crippen LogP contribution in [0.15, 0.2) is 23.0 Å². The van der Waals surface area contributed by atoms with E-state index in [1.165, 1.54) is 0 Å². The Morgan fingerprint density at radius 1 is 1.44 bits per heavy atom. The van der Waals surface area contributed by atoms with Crippen molar-refractivity contribution in [3.63, 3.8) is 0 Å². The van der Waals surface area contributed by atoms with Crippen molar-refractivity contribution in [1.29, 1.82) is 0 Å². The van der Waals surface area contributed by atoms with Crippen LogP contribution in [0.5, 0.6) is 0 Å². The van der Waals surface area contributed by atoms with E-state index >= 15 is 0 Å². The van der Waals surface area contributed by atoms with Crippen LogP contribution in [0.25, 0.3) is 0 Å². The molecule has 0 aromatic carbocycles. The summed E-state index contributed by atoms with van der Waals surface area (Å²) in [4.78, 5) is 16.6. The molecule has 0 bridgehead atoms. The second kappa shape index (κ2) is 8.90. The molecule has 9 heteroatoms. The van der Waals surface area contributed by atoms with Crippen molar-refractivity contribution in [3.8, 4) is 0 Å². The van der Waals surface area contributed by atoms with Crippen molar-refractivity contribution in [2.45, 2.75) is 24.8 Å². The summed E-state index contributed by atoms with van der Waals surface area (Å²) in [5.74, 6) is 2.28. The predicted octanol–water partition coefficient (Wildman–Crippen LogP) is 1.81. The van der Waals surface area contributed by atoms with Gasteiger partial charge in [-0.2, -0.15) is 16.9 Å². The summed E-state index contributed by atoms with van der Waals surface area (Å²) in [6.07, 6.45) is 3.73. The number of morpholine rings is 1. The maximum absolute atomic E-state index is 12.7. The number of rotatable bonds is 7. The smallest absolute Gasteiger partial charge is 0.275 e. The number of ether oxygens (including phenoxy) is 1. The number of aromatic nitrogens is 3. The first-order chi connectivity index (χ1) is 13.0. The van der Waals surface area contributed by atoms with Crippen LogP contribution < -0.4 is 0 Å². The van der Waals surface area contributed by atoms with Crippen molar-refractivity contribution in [1.82, 2.24) is 24.7 Å². The highest BCUT2D eigenvalue weighted by molar-refractivity contribution is 7.98. The molecule has 3 rings (SSSR count). The zero-order valence-corrected chi connectivity index (χ0v) is 17.1. The van der Waals surface area contributed by atoms with E-state index in [0.717, 1.165) is 29.4 Å². The molecule has 2 aromatic rings. The second-order valence-corrected chi connectivity index (χ2v) is 8.06. The monoisotopic (exact) mass is 393 g/mol. The van der Waals surface area contributed by atoms with E-state index in [4.69, 9.17) is 9.26 Å². The van der Waals surface area contributed by atoms with E-state index in [1.54, 1.807) is 34.5 Å². The van der Waals surface area contributed by atoms with Gasteiger partial charge in [-0.3, -0.25) is 14.4 Å². The van der Waals surface area contributed by atoms with Gasteiger partial charge in [-0.05, 0) is 12.8 Å². The molecule has 1 saturated heterocycles. The number of hydrogen-bond donors (Lipinski definition) is 0. The highest BCUT2D eigenvalue weighted by Crippen LogP contribution is 2.28. The minimum Gasteiger partial charge on any atom is -0.373 e. The quantitative estimate of drug-likeness (QED) is 0.710. The molecule has 2 aromatic heterocycles. The van der Waals surface area contributed by atoms with Gasteiger partial charge in [0, 0.05) is 45.0 Å². The van der Waals surface area contributed by atoms with Crippen LogP contribution >= 0.6 is 11.8 Å². The predicted molar refractivity (Wildman–Crippen MR) is 104 cm³/mol. The molecule has 27 heavy (non-hydrogen) atoms. The minimum absolute atomic E-state index is 0.0523. The van der Waals surface area contributed by atoms with Crippen LogP contribution in [0.1, 0.15) is 34.8 Å². The first kappa shape index (κ1) is 19.9. The van der Waals surface area contributed by atoms with Gasteiger partial charge in [0.25, 0.3) is 5.91 Å². The van der Waals surface area contributed by atoms with Crippen molar-refractivity contribution < 1.29 is 14.1 Å². The number of hydrogen-bond acceptors (Lipinski definition) is 7. The fourth-order valence-electron chi connectivity index (χ4n) is 3.31. The Bertz CT molecular complexity index is 762. The topological polar surface area (TPSA) is 76.6 Å². The third-order valence-corrected chi connectivity index (χ3v) is 5.59. The van der Waals surface area contributed by atoms with Crippen LogP contribution in [0, 0.1) is 0 Å². The van der Waals surface area contributed by atoms with Gasteiger partial charge in [0.15, 0.2) is 5.69 Å². The molecule has 1 amide bonds. The Hall–Kier alpha value is -1.84. The molecule has 0 aliphatic carbocycles. The zero-order valence-electron chi connectivity index (χ0n) is 16.3. The summed E-state index contributed by atoms with van der Waals surface area (Å²) in [6, 6.07) is 1.78. The van der Waals surface area contributed by atoms with Crippen molar-refractivity contribution in [2.75, 3.05) is 39.5 Å². The highest BCUT2D eigenvalue weighted by Gasteiger charge is 2.34. The number of amides is 1. The zero-order chi connectivity index (χ0) is 19.4. The lowest BCUT2D eigenvalue weighted by atomic mass is 10.0. The van der Waals surface area contributed by atoms with E-state index in [-0.39, 0.29) is 18.1 Å². The number of thioether (sulfide) groups is 1. The van der Waals surface area contributed by atoms with Gasteiger partial charge in [-0.15, -0.1) is 0 Å². The van der Waals surface area contributed by atoms with Crippen LogP contribution in [-0.2, 0) is 17.5 Å². The van der Waals surface area contributed by atoms with Gasteiger partial charge in [-0.25, -0.2) is 0 Å². The summed E-state index contributed by atoms with van der Waals surface area (Å²) in [7, 11) is 5.75. The summed E-state index contributed by atoms with van der Waals surface area (Å²) < 4.78 is 13.1. The molecule has 8 nitrogen and oxygen atoms in total. The number of aryl methyl sites for hydroxylation is 1. The molecular formula is C18H27N5O3S. The standard InChI is InChI=1S/C18H27N5O3S/c1-5-27-12-14-8-15(20-26-14)18(24)22(3)11-16-17(21(2)6-7-25-16)13-9-19-23(4)10-13/h8-10,16-17H,5-7,11-12H2,1-4H3/t16-,17-/m0/s1. The van der Waals surface area contributed by atoms with Crippen molar-refractivity contribution in [3.05, 3.63) is 35.5 Å². The molecule has 0 N–H and O–H groups in total. The molecule has 1 fully saturated rings. The molecule has 1 aliphatic heterocycles. The lowest BCUT2D eigenvalue weighted by molar-refractivity contribution is -0.0708. The minimum atomic E-state index is -0.159. The van der Waals surface area contributed by atoms with Crippen molar-refractivity contribution in [2.24, 2.45) is 7.05 Å². The maximum Gasteiger partial charge on any atom is 0.275 e. The maximum atomic E-state index is 12.7. The molecule has 0 saturated carbocycles. The molecule has 0 spiro atoms. The number of carbonyl (C=O) groups excluding carboxylic acids is 1. The Kier molecular flexibility index (Phi) is 6.56. The Labute approximate surface area is 163 Å². The third kappa shape index (κ3) is 4.72. The summed E-state index contributed by atoms with van der Waals surface area (Å²) in [5, 5.41) is 8.21. The molecule has 0 unspecified atom stereocenters. The molecule has 148 valence electrons. The van der Waals surface area contributed by atoms with Gasteiger partial charge in [-0.1, -0.05) is 12.1 Å². The summed E-state index contributed by atoms with van der Waals surface area (Å²) in [5.41, 5.74) is 1.43. The molecule has 3 heterocycles. The van der Waals surface area contributed by atoms with Crippen LogP contribution in [0.2, 0.25) is 0 Å². The van der Waals surface area contributed by atoms with Crippen molar-refractivity contribution >= 4 is 17.7 Å². The number of likely N-dealkylation sites (N-methyl/N-ethyl adjacent to an activating group) is 2. The van der Waals surface area contributed by atoms with Gasteiger partial charge in [0.2, 0.25) is 0 Å². The van der Waals surface area contributed by atoms with E-state index in [1.807, 2.05) is 19.4 Å². The fourth-order valence-corrected chi connectivity index (χ4v) is 3.85. The first-order valence-corrected chi connectivity index (χ1v) is 10.2. The molecule has 0 radical (unpaired) electrons. The molecule has 2 atom stereocenters. The first-order valence-electron chi connectivity index (χ1n) is 9.08. The van der Waals surface area contributed by atoms with E-state index < -0.39 is 0 Å². The van der Waals surface area contributed by atoms with E-state index in [9.17, 15) is 4.79 Å². The summed E-state index contributed by atoms with van der Waals surface area (Å²) in [6.45, 7) is 4.03. The number of carbonyl (C=O) groups is 1. The van der Waals surface area contributed by atoms with Gasteiger partial charge < -0.3 is 14.2 Å². The summed E-state index contributed by atoms with van der Waals surface area (Å²) >= 11 is 1.73. The lowest BCUT2D eigenvalue weighted by Crippen LogP contribution is -2.48. The highest BCUT2D eigenvalue weighted by atomic mass is 32.2. The molecule has 1 aliphatic rings. The van der Waals surface area contributed by atoms with Gasteiger partial charge in [0.1, 0.15) is 5.76 Å². The lowest BCUT2D eigenvalue weighted by Gasteiger charge is -2.40. The normalized spacial score (nSPS) is 20.7. The average molecular weight is 394 g/mol. The molecular weight excluding hydrogens is 366 g/mol. The second-order valence-electron chi connectivity index (χ2n) is 6.78. The largest absolute Gasteiger partial charge is 0.373 e. The number of nitrogens with zero attached hydrogens (tertiary/aromatic N) is 5.